The number of nitriles is 1. The Morgan fingerprint density at radius 1 is 1.42 bits per heavy atom. The Morgan fingerprint density at radius 3 is 2.63 bits per heavy atom. The molecule has 0 saturated carbocycles. The molecule has 0 spiro atoms. The molecule has 0 fully saturated rings. The molecule has 0 aliphatic carbocycles. The van der Waals surface area contributed by atoms with E-state index in [1.54, 1.807) is 11.8 Å². The minimum absolute atomic E-state index is 0.177. The summed E-state index contributed by atoms with van der Waals surface area (Å²) in [6, 6.07) is 12.3. The minimum Gasteiger partial charge on any atom is -0.395 e. The number of rotatable bonds is 8. The number of nitrogens with zero attached hydrogens (tertiary/aromatic N) is 1. The van der Waals surface area contributed by atoms with E-state index in [0.717, 1.165) is 24.3 Å². The first-order valence-corrected chi connectivity index (χ1v) is 7.67. The van der Waals surface area contributed by atoms with Crippen LogP contribution in [-0.4, -0.2) is 29.3 Å². The van der Waals surface area contributed by atoms with E-state index < -0.39 is 5.54 Å². The van der Waals surface area contributed by atoms with Crippen molar-refractivity contribution < 1.29 is 5.11 Å². The summed E-state index contributed by atoms with van der Waals surface area (Å²) in [5.74, 6) is 0.844. The molecule has 0 saturated heterocycles. The van der Waals surface area contributed by atoms with Gasteiger partial charge in [-0.1, -0.05) is 44.2 Å². The molecule has 2 N–H and O–H groups in total. The second-order valence-electron chi connectivity index (χ2n) is 4.53. The van der Waals surface area contributed by atoms with Gasteiger partial charge in [-0.2, -0.15) is 17.0 Å². The molecule has 0 aromatic heterocycles. The molecule has 2 atom stereocenters. The molecule has 19 heavy (non-hydrogen) atoms. The largest absolute Gasteiger partial charge is 0.395 e. The number of hydrogen-bond acceptors (Lipinski definition) is 4. The van der Waals surface area contributed by atoms with Crippen molar-refractivity contribution in [3.63, 3.8) is 0 Å². The van der Waals surface area contributed by atoms with E-state index in [0.29, 0.717) is 0 Å². The number of nitrogens with one attached hydrogen (secondary N) is 1. The van der Waals surface area contributed by atoms with Gasteiger partial charge in [0.05, 0.1) is 12.7 Å². The Morgan fingerprint density at radius 2 is 2.11 bits per heavy atom. The standard InChI is InChI=1S/C15H22N2OS/c1-3-17-15(12-16,9-10-19-13(2)11-18)14-7-5-4-6-8-14/h4-8,13,17-18H,3,9-11H2,1-2H3. The minimum atomic E-state index is -0.627. The summed E-state index contributed by atoms with van der Waals surface area (Å²) in [7, 11) is 0. The smallest absolute Gasteiger partial charge is 0.133 e. The molecule has 1 rings (SSSR count). The van der Waals surface area contributed by atoms with Crippen LogP contribution in [0.25, 0.3) is 0 Å². The predicted octanol–water partition coefficient (Wildman–Crippen LogP) is 2.52. The van der Waals surface area contributed by atoms with Gasteiger partial charge in [0.25, 0.3) is 0 Å². The van der Waals surface area contributed by atoms with Crippen LogP contribution in [-0.2, 0) is 5.54 Å². The van der Waals surface area contributed by atoms with E-state index >= 15 is 0 Å². The molecule has 0 radical (unpaired) electrons. The summed E-state index contributed by atoms with van der Waals surface area (Å²) in [5.41, 5.74) is 0.384. The summed E-state index contributed by atoms with van der Waals surface area (Å²) in [5, 5.41) is 22.2. The molecule has 0 heterocycles. The van der Waals surface area contributed by atoms with Gasteiger partial charge in [-0.05, 0) is 24.3 Å². The van der Waals surface area contributed by atoms with Crippen LogP contribution in [0.3, 0.4) is 0 Å². The fourth-order valence-electron chi connectivity index (χ4n) is 1.99. The van der Waals surface area contributed by atoms with Crippen molar-refractivity contribution in [2.75, 3.05) is 18.9 Å². The van der Waals surface area contributed by atoms with Crippen LogP contribution >= 0.6 is 11.8 Å². The number of thioether (sulfide) groups is 1. The van der Waals surface area contributed by atoms with Crippen LogP contribution in [0, 0.1) is 11.3 Å². The highest BCUT2D eigenvalue weighted by Gasteiger charge is 2.30. The predicted molar refractivity (Wildman–Crippen MR) is 81.0 cm³/mol. The average Bonchev–Trinajstić information content (AvgIpc) is 2.47. The first-order valence-electron chi connectivity index (χ1n) is 6.62. The van der Waals surface area contributed by atoms with Crippen LogP contribution in [0.4, 0.5) is 0 Å². The maximum absolute atomic E-state index is 9.61. The van der Waals surface area contributed by atoms with Gasteiger partial charge >= 0.3 is 0 Å². The van der Waals surface area contributed by atoms with Gasteiger partial charge in [0, 0.05) is 5.25 Å². The van der Waals surface area contributed by atoms with Crippen molar-refractivity contribution in [3.8, 4) is 6.07 Å². The fraction of sp³-hybridized carbons (Fsp3) is 0.533. The summed E-state index contributed by atoms with van der Waals surface area (Å²) in [4.78, 5) is 0. The van der Waals surface area contributed by atoms with Crippen molar-refractivity contribution in [1.82, 2.24) is 5.32 Å². The number of hydrogen-bond donors (Lipinski definition) is 2. The molecule has 2 unspecified atom stereocenters. The third kappa shape index (κ3) is 4.54. The molecule has 3 nitrogen and oxygen atoms in total. The average molecular weight is 278 g/mol. The van der Waals surface area contributed by atoms with Crippen molar-refractivity contribution in [2.45, 2.75) is 31.1 Å². The van der Waals surface area contributed by atoms with Crippen LogP contribution < -0.4 is 5.32 Å². The molecular weight excluding hydrogens is 256 g/mol. The summed E-state index contributed by atoms with van der Waals surface area (Å²) in [6.07, 6.45) is 0.732. The lowest BCUT2D eigenvalue weighted by Crippen LogP contribution is -2.41. The molecule has 0 amide bonds. The zero-order valence-corrected chi connectivity index (χ0v) is 12.4. The maximum Gasteiger partial charge on any atom is 0.133 e. The molecule has 104 valence electrons. The third-order valence-electron chi connectivity index (χ3n) is 3.07. The maximum atomic E-state index is 9.61. The number of aliphatic hydroxyl groups excluding tert-OH is 1. The summed E-state index contributed by atoms with van der Waals surface area (Å²) in [6.45, 7) is 4.94. The van der Waals surface area contributed by atoms with Gasteiger partial charge in [0.2, 0.25) is 0 Å². The lowest BCUT2D eigenvalue weighted by molar-refractivity contribution is 0.300. The van der Waals surface area contributed by atoms with Crippen LogP contribution in [0.1, 0.15) is 25.8 Å². The Balaban J connectivity index is 2.79. The normalized spacial score (nSPS) is 15.5. The van der Waals surface area contributed by atoms with Crippen LogP contribution in [0.2, 0.25) is 0 Å². The quantitative estimate of drug-likeness (QED) is 0.767. The Labute approximate surface area is 120 Å². The van der Waals surface area contributed by atoms with E-state index in [1.165, 1.54) is 0 Å². The monoisotopic (exact) mass is 278 g/mol. The molecule has 1 aromatic rings. The van der Waals surface area contributed by atoms with Crippen molar-refractivity contribution in [1.29, 1.82) is 5.26 Å². The first-order chi connectivity index (χ1) is 9.18. The third-order valence-corrected chi connectivity index (χ3v) is 4.23. The van der Waals surface area contributed by atoms with Crippen molar-refractivity contribution in [2.24, 2.45) is 0 Å². The zero-order chi connectivity index (χ0) is 14.1. The topological polar surface area (TPSA) is 56.0 Å². The van der Waals surface area contributed by atoms with Crippen LogP contribution in [0.15, 0.2) is 30.3 Å². The van der Waals surface area contributed by atoms with Gasteiger partial charge in [0.15, 0.2) is 0 Å². The van der Waals surface area contributed by atoms with E-state index in [2.05, 4.69) is 11.4 Å². The molecule has 0 aliphatic rings. The molecule has 0 aliphatic heterocycles. The lowest BCUT2D eigenvalue weighted by Gasteiger charge is -2.28. The van der Waals surface area contributed by atoms with Gasteiger partial charge in [0.1, 0.15) is 5.54 Å². The van der Waals surface area contributed by atoms with Gasteiger partial charge in [-0.3, -0.25) is 5.32 Å². The fourth-order valence-corrected chi connectivity index (χ4v) is 2.92. The Hall–Kier alpha value is -1.02. The molecule has 1 aromatic carbocycles. The van der Waals surface area contributed by atoms with E-state index in [1.807, 2.05) is 44.2 Å². The number of benzene rings is 1. The lowest BCUT2D eigenvalue weighted by atomic mass is 9.88. The summed E-state index contributed by atoms with van der Waals surface area (Å²) >= 11 is 1.70. The summed E-state index contributed by atoms with van der Waals surface area (Å²) < 4.78 is 0. The first kappa shape index (κ1) is 16.0. The van der Waals surface area contributed by atoms with Crippen molar-refractivity contribution >= 4 is 11.8 Å². The molecular formula is C15H22N2OS. The second-order valence-corrected chi connectivity index (χ2v) is 6.07. The highest BCUT2D eigenvalue weighted by molar-refractivity contribution is 7.99. The highest BCUT2D eigenvalue weighted by Crippen LogP contribution is 2.27. The zero-order valence-electron chi connectivity index (χ0n) is 11.6. The van der Waals surface area contributed by atoms with Crippen LogP contribution in [0.5, 0.6) is 0 Å². The molecule has 4 heteroatoms. The SMILES string of the molecule is CCNC(C#N)(CCSC(C)CO)c1ccccc1. The Bertz CT molecular complexity index is 404. The van der Waals surface area contributed by atoms with Crippen molar-refractivity contribution in [3.05, 3.63) is 35.9 Å². The van der Waals surface area contributed by atoms with E-state index in [9.17, 15) is 5.26 Å². The second kappa shape index (κ2) is 8.21. The van der Waals surface area contributed by atoms with E-state index in [4.69, 9.17) is 5.11 Å². The molecule has 0 bridgehead atoms. The van der Waals surface area contributed by atoms with Gasteiger partial charge in [-0.15, -0.1) is 0 Å². The number of aliphatic hydroxyl groups is 1. The van der Waals surface area contributed by atoms with E-state index in [-0.39, 0.29) is 11.9 Å². The van der Waals surface area contributed by atoms with Gasteiger partial charge in [-0.25, -0.2) is 0 Å². The Kier molecular flexibility index (Phi) is 6.93. The highest BCUT2D eigenvalue weighted by atomic mass is 32.2. The van der Waals surface area contributed by atoms with Gasteiger partial charge < -0.3 is 5.11 Å².